The van der Waals surface area contributed by atoms with Crippen LogP contribution in [0.5, 0.6) is 0 Å². The predicted octanol–water partition coefficient (Wildman–Crippen LogP) is 1.15. The van der Waals surface area contributed by atoms with E-state index in [0.717, 1.165) is 11.1 Å². The fraction of sp³-hybridized carbons (Fsp3) is 0.250. The van der Waals surface area contributed by atoms with Gasteiger partial charge in [0.05, 0.1) is 0 Å². The molecule has 0 aliphatic carbocycles. The van der Waals surface area contributed by atoms with E-state index < -0.39 is 14.5 Å². The van der Waals surface area contributed by atoms with E-state index >= 15 is 0 Å². The second-order valence-electron chi connectivity index (χ2n) is 2.50. The molecular formula is C8H8O3Se. The molecule has 0 radical (unpaired) electrons. The van der Waals surface area contributed by atoms with Gasteiger partial charge in [0.15, 0.2) is 0 Å². The fourth-order valence-corrected chi connectivity index (χ4v) is 2.18. The zero-order valence-corrected chi connectivity index (χ0v) is 8.07. The second kappa shape index (κ2) is 3.45. The van der Waals surface area contributed by atoms with Crippen LogP contribution in [-0.2, 0) is 24.7 Å². The normalized spacial score (nSPS) is 18.3. The number of rotatable bonds is 0. The van der Waals surface area contributed by atoms with Crippen molar-refractivity contribution in [3.05, 3.63) is 35.4 Å². The van der Waals surface area contributed by atoms with Crippen molar-refractivity contribution in [1.29, 1.82) is 0 Å². The topological polar surface area (TPSA) is 35.5 Å². The Hall–Kier alpha value is -0.541. The van der Waals surface area contributed by atoms with Crippen LogP contribution in [0.3, 0.4) is 0 Å². The van der Waals surface area contributed by atoms with Crippen LogP contribution in [0.1, 0.15) is 11.1 Å². The van der Waals surface area contributed by atoms with Crippen molar-refractivity contribution < 1.29 is 11.5 Å². The van der Waals surface area contributed by atoms with E-state index in [1.807, 2.05) is 24.3 Å². The molecule has 64 valence electrons. The van der Waals surface area contributed by atoms with Gasteiger partial charge in [-0.1, -0.05) is 0 Å². The van der Waals surface area contributed by atoms with E-state index in [-0.39, 0.29) is 0 Å². The first kappa shape index (κ1) is 8.08. The molecule has 1 aliphatic heterocycles. The van der Waals surface area contributed by atoms with Crippen molar-refractivity contribution in [2.24, 2.45) is 0 Å². The van der Waals surface area contributed by atoms with E-state index in [1.165, 1.54) is 0 Å². The minimum absolute atomic E-state index is 0.407. The first-order valence-electron chi connectivity index (χ1n) is 3.61. The zero-order chi connectivity index (χ0) is 8.39. The summed E-state index contributed by atoms with van der Waals surface area (Å²) in [5.74, 6) is 0. The number of hydrogen-bond donors (Lipinski definition) is 0. The standard InChI is InChI=1S/C8H8O3Se/c9-12-10-5-7-3-1-2-4-8(7)6-11-12/h1-4H,5-6H2. The first-order valence-corrected chi connectivity index (χ1v) is 5.71. The Kier molecular flexibility index (Phi) is 2.32. The summed E-state index contributed by atoms with van der Waals surface area (Å²) >= 11 is -2.45. The van der Waals surface area contributed by atoms with Gasteiger partial charge >= 0.3 is 74.6 Å². The molecule has 4 heteroatoms. The van der Waals surface area contributed by atoms with Crippen LogP contribution in [-0.4, -0.2) is 14.5 Å². The van der Waals surface area contributed by atoms with E-state index in [9.17, 15) is 3.83 Å². The van der Waals surface area contributed by atoms with E-state index in [1.54, 1.807) is 0 Å². The Bertz CT molecular complexity index is 282. The molecule has 2 rings (SSSR count). The van der Waals surface area contributed by atoms with Gasteiger partial charge in [-0.15, -0.1) is 0 Å². The molecule has 0 saturated heterocycles. The molecule has 1 aliphatic rings. The number of fused-ring (bicyclic) bond motifs is 1. The fourth-order valence-electron chi connectivity index (χ4n) is 1.10. The summed E-state index contributed by atoms with van der Waals surface area (Å²) in [6.07, 6.45) is 0. The van der Waals surface area contributed by atoms with Crippen LogP contribution in [0.25, 0.3) is 0 Å². The van der Waals surface area contributed by atoms with Crippen molar-refractivity contribution >= 4 is 14.5 Å². The van der Waals surface area contributed by atoms with Gasteiger partial charge < -0.3 is 0 Å². The molecule has 0 spiro atoms. The van der Waals surface area contributed by atoms with Crippen LogP contribution >= 0.6 is 0 Å². The Morgan fingerprint density at radius 1 is 1.08 bits per heavy atom. The molecule has 0 fully saturated rings. The van der Waals surface area contributed by atoms with Gasteiger partial charge in [0.2, 0.25) is 0 Å². The van der Waals surface area contributed by atoms with Gasteiger partial charge in [-0.25, -0.2) is 0 Å². The van der Waals surface area contributed by atoms with Gasteiger partial charge in [-0.2, -0.15) is 0 Å². The van der Waals surface area contributed by atoms with Crippen molar-refractivity contribution in [3.63, 3.8) is 0 Å². The molecule has 1 aromatic rings. The number of hydrogen-bond acceptors (Lipinski definition) is 3. The Morgan fingerprint density at radius 3 is 2.08 bits per heavy atom. The molecule has 0 atom stereocenters. The van der Waals surface area contributed by atoms with Gasteiger partial charge in [-0.3, -0.25) is 0 Å². The van der Waals surface area contributed by atoms with Gasteiger partial charge in [0.25, 0.3) is 0 Å². The SMILES string of the molecule is O=[Se]1OCc2ccccc2CO1. The molecule has 12 heavy (non-hydrogen) atoms. The zero-order valence-electron chi connectivity index (χ0n) is 6.36. The number of benzene rings is 1. The van der Waals surface area contributed by atoms with E-state index in [4.69, 9.17) is 7.64 Å². The van der Waals surface area contributed by atoms with Gasteiger partial charge in [-0.05, 0) is 0 Å². The van der Waals surface area contributed by atoms with Crippen LogP contribution in [0.2, 0.25) is 0 Å². The monoisotopic (exact) mass is 232 g/mol. The van der Waals surface area contributed by atoms with Crippen molar-refractivity contribution in [3.8, 4) is 0 Å². The summed E-state index contributed by atoms with van der Waals surface area (Å²) in [4.78, 5) is 0. The van der Waals surface area contributed by atoms with Crippen molar-refractivity contribution in [2.75, 3.05) is 0 Å². The Morgan fingerprint density at radius 2 is 1.58 bits per heavy atom. The van der Waals surface area contributed by atoms with Gasteiger partial charge in [0.1, 0.15) is 0 Å². The molecule has 1 aromatic carbocycles. The van der Waals surface area contributed by atoms with E-state index in [0.29, 0.717) is 13.2 Å². The molecular weight excluding hydrogens is 223 g/mol. The van der Waals surface area contributed by atoms with Crippen LogP contribution in [0, 0.1) is 0 Å². The summed E-state index contributed by atoms with van der Waals surface area (Å²) in [5, 5.41) is 0. The van der Waals surface area contributed by atoms with Crippen molar-refractivity contribution in [1.82, 2.24) is 0 Å². The van der Waals surface area contributed by atoms with Crippen LogP contribution in [0.15, 0.2) is 24.3 Å². The summed E-state index contributed by atoms with van der Waals surface area (Å²) in [6, 6.07) is 7.80. The average molecular weight is 231 g/mol. The maximum absolute atomic E-state index is 10.9. The molecule has 0 unspecified atom stereocenters. The molecule has 0 aromatic heterocycles. The molecule has 1 heterocycles. The second-order valence-corrected chi connectivity index (χ2v) is 4.34. The van der Waals surface area contributed by atoms with Crippen LogP contribution in [0.4, 0.5) is 0 Å². The van der Waals surface area contributed by atoms with E-state index in [2.05, 4.69) is 0 Å². The summed E-state index contributed by atoms with van der Waals surface area (Å²) in [7, 11) is 0. The molecule has 0 bridgehead atoms. The summed E-state index contributed by atoms with van der Waals surface area (Å²) in [5.41, 5.74) is 2.14. The predicted molar refractivity (Wildman–Crippen MR) is 42.5 cm³/mol. The summed E-state index contributed by atoms with van der Waals surface area (Å²) in [6.45, 7) is 0.814. The third-order valence-electron chi connectivity index (χ3n) is 1.74. The first-order chi connectivity index (χ1) is 5.86. The quantitative estimate of drug-likeness (QED) is 0.628. The Labute approximate surface area is 75.0 Å². The molecule has 0 saturated carbocycles. The Balaban J connectivity index is 2.32. The molecule has 0 amide bonds. The maximum atomic E-state index is 10.9. The molecule has 3 nitrogen and oxygen atoms in total. The van der Waals surface area contributed by atoms with Gasteiger partial charge in [0, 0.05) is 0 Å². The molecule has 0 N–H and O–H groups in total. The minimum atomic E-state index is -2.45. The summed E-state index contributed by atoms with van der Waals surface area (Å²) < 4.78 is 20.9. The third kappa shape index (κ3) is 1.62. The third-order valence-corrected chi connectivity index (χ3v) is 3.04. The van der Waals surface area contributed by atoms with Crippen molar-refractivity contribution in [2.45, 2.75) is 13.2 Å². The average Bonchev–Trinajstić information content (AvgIpc) is 2.29. The van der Waals surface area contributed by atoms with Crippen LogP contribution < -0.4 is 0 Å².